The topological polar surface area (TPSA) is 97.4 Å². The maximum Gasteiger partial charge on any atom is 0.310 e. The normalized spacial score (nSPS) is 30.0. The molecule has 0 aromatic rings. The summed E-state index contributed by atoms with van der Waals surface area (Å²) < 4.78 is 26.1. The lowest BCUT2D eigenvalue weighted by molar-refractivity contribution is -0.229. The van der Waals surface area contributed by atoms with Crippen molar-refractivity contribution in [2.24, 2.45) is 0 Å². The molecule has 1 heterocycles. The zero-order valence-electron chi connectivity index (χ0n) is 13.2. The van der Waals surface area contributed by atoms with Gasteiger partial charge < -0.3 is 23.7 Å². The van der Waals surface area contributed by atoms with Gasteiger partial charge in [0.15, 0.2) is 23.3 Å². The maximum atomic E-state index is 11.4. The number of alkyl halides is 1. The molecule has 5 atom stereocenters. The smallest absolute Gasteiger partial charge is 0.310 e. The second-order valence-corrected chi connectivity index (χ2v) is 5.79. The monoisotopic (exact) mass is 394 g/mol. The molecule has 0 bridgehead atoms. The molecule has 9 heteroatoms. The van der Waals surface area contributed by atoms with Gasteiger partial charge in [-0.25, -0.2) is 0 Å². The van der Waals surface area contributed by atoms with Crippen molar-refractivity contribution in [2.45, 2.75) is 57.1 Å². The molecule has 1 aliphatic rings. The van der Waals surface area contributed by atoms with E-state index in [1.165, 1.54) is 20.8 Å². The predicted octanol–water partition coefficient (Wildman–Crippen LogP) is 1.41. The lowest BCUT2D eigenvalue weighted by Crippen LogP contribution is -2.58. The van der Waals surface area contributed by atoms with E-state index < -0.39 is 47.3 Å². The number of carbonyl (C=O) groups excluding carboxylic acids is 3. The molecular formula is C14H19BrO8. The first-order valence-electron chi connectivity index (χ1n) is 6.79. The number of hydrogen-bond donors (Lipinski definition) is 0. The van der Waals surface area contributed by atoms with Crippen molar-refractivity contribution in [3.05, 3.63) is 12.5 Å². The van der Waals surface area contributed by atoms with E-state index in [0.717, 1.165) is 0 Å². The Kier molecular flexibility index (Phi) is 7.01. The Labute approximate surface area is 142 Å². The second kappa shape index (κ2) is 8.30. The average Bonchev–Trinajstić information content (AvgIpc) is 2.37. The fraction of sp³-hybridized carbons (Fsp3) is 0.643. The van der Waals surface area contributed by atoms with E-state index in [-0.39, 0.29) is 5.95 Å². The van der Waals surface area contributed by atoms with Gasteiger partial charge >= 0.3 is 17.9 Å². The third kappa shape index (κ3) is 5.83. The summed E-state index contributed by atoms with van der Waals surface area (Å²) in [6.07, 6.45) is -3.36. The summed E-state index contributed by atoms with van der Waals surface area (Å²) in [6, 6.07) is 0. The summed E-state index contributed by atoms with van der Waals surface area (Å²) in [5, 5.41) is -0.707. The fourth-order valence-corrected chi connectivity index (χ4v) is 2.85. The van der Waals surface area contributed by atoms with E-state index in [0.29, 0.717) is 0 Å². The fourth-order valence-electron chi connectivity index (χ4n) is 2.10. The van der Waals surface area contributed by atoms with Crippen LogP contribution >= 0.6 is 15.9 Å². The molecule has 0 N–H and O–H groups in total. The lowest BCUT2D eigenvalue weighted by atomic mass is 10.0. The highest BCUT2D eigenvalue weighted by atomic mass is 79.9. The van der Waals surface area contributed by atoms with Gasteiger partial charge in [-0.2, -0.15) is 0 Å². The van der Waals surface area contributed by atoms with Crippen molar-refractivity contribution in [3.8, 4) is 0 Å². The second-order valence-electron chi connectivity index (χ2n) is 4.89. The summed E-state index contributed by atoms with van der Waals surface area (Å²) in [5.41, 5.74) is 0. The Balaban J connectivity index is 3.00. The van der Waals surface area contributed by atoms with Crippen LogP contribution in [-0.4, -0.2) is 47.3 Å². The average molecular weight is 395 g/mol. The molecule has 0 amide bonds. The Bertz CT molecular complexity index is 491. The summed E-state index contributed by atoms with van der Waals surface area (Å²) in [7, 11) is 0. The molecule has 23 heavy (non-hydrogen) atoms. The first kappa shape index (κ1) is 19.4. The van der Waals surface area contributed by atoms with Gasteiger partial charge in [-0.1, -0.05) is 15.9 Å². The third-order valence-corrected chi connectivity index (χ3v) is 3.58. The van der Waals surface area contributed by atoms with Crippen LogP contribution in [0, 0.1) is 0 Å². The molecule has 0 saturated carbocycles. The molecule has 0 aliphatic carbocycles. The van der Waals surface area contributed by atoms with Crippen LogP contribution in [0.25, 0.3) is 0 Å². The largest absolute Gasteiger partial charge is 0.456 e. The quantitative estimate of drug-likeness (QED) is 0.298. The number of carbonyl (C=O) groups is 3. The summed E-state index contributed by atoms with van der Waals surface area (Å²) in [4.78, 5) is 33.6. The van der Waals surface area contributed by atoms with E-state index in [9.17, 15) is 14.4 Å². The zero-order valence-corrected chi connectivity index (χ0v) is 14.8. The van der Waals surface area contributed by atoms with Crippen LogP contribution in [0.5, 0.6) is 0 Å². The van der Waals surface area contributed by atoms with Crippen molar-refractivity contribution < 1.29 is 38.1 Å². The minimum absolute atomic E-state index is 0.288. The number of ether oxygens (including phenoxy) is 5. The van der Waals surface area contributed by atoms with Gasteiger partial charge in [-0.3, -0.25) is 14.4 Å². The van der Waals surface area contributed by atoms with Crippen LogP contribution in [0.4, 0.5) is 0 Å². The highest BCUT2D eigenvalue weighted by Crippen LogP contribution is 2.32. The SMILES string of the molecule is C=C(OC(C)=O)O[C@@H]1C(Br)O[C@H](C)[C@@H](OC(C)=O)[C@@H]1OC(C)=O. The van der Waals surface area contributed by atoms with Gasteiger partial charge in [-0.05, 0) is 13.5 Å². The minimum Gasteiger partial charge on any atom is -0.456 e. The highest BCUT2D eigenvalue weighted by Gasteiger charge is 2.49. The summed E-state index contributed by atoms with van der Waals surface area (Å²) in [6.45, 7) is 8.74. The Morgan fingerprint density at radius 2 is 1.43 bits per heavy atom. The Morgan fingerprint density at radius 3 is 1.91 bits per heavy atom. The van der Waals surface area contributed by atoms with Crippen LogP contribution in [0.3, 0.4) is 0 Å². The summed E-state index contributed by atoms with van der Waals surface area (Å²) >= 11 is 3.25. The number of esters is 3. The highest BCUT2D eigenvalue weighted by molar-refractivity contribution is 9.09. The molecule has 1 unspecified atom stereocenters. The molecule has 1 fully saturated rings. The van der Waals surface area contributed by atoms with Gasteiger partial charge in [0.25, 0.3) is 5.95 Å². The molecule has 0 radical (unpaired) electrons. The van der Waals surface area contributed by atoms with Crippen molar-refractivity contribution in [3.63, 3.8) is 0 Å². The third-order valence-electron chi connectivity index (χ3n) is 2.84. The van der Waals surface area contributed by atoms with Crippen molar-refractivity contribution in [1.82, 2.24) is 0 Å². The molecule has 8 nitrogen and oxygen atoms in total. The Morgan fingerprint density at radius 1 is 0.913 bits per heavy atom. The van der Waals surface area contributed by atoms with E-state index in [4.69, 9.17) is 23.7 Å². The zero-order chi connectivity index (χ0) is 17.7. The van der Waals surface area contributed by atoms with Gasteiger partial charge in [0.2, 0.25) is 0 Å². The predicted molar refractivity (Wildman–Crippen MR) is 80.1 cm³/mol. The van der Waals surface area contributed by atoms with Crippen molar-refractivity contribution in [2.75, 3.05) is 0 Å². The van der Waals surface area contributed by atoms with Crippen LogP contribution in [0.15, 0.2) is 12.5 Å². The van der Waals surface area contributed by atoms with E-state index in [2.05, 4.69) is 22.5 Å². The van der Waals surface area contributed by atoms with Gasteiger partial charge in [-0.15, -0.1) is 0 Å². The maximum absolute atomic E-state index is 11.4. The first-order valence-corrected chi connectivity index (χ1v) is 7.71. The van der Waals surface area contributed by atoms with Crippen LogP contribution in [0.2, 0.25) is 0 Å². The molecule has 130 valence electrons. The number of rotatable bonds is 5. The number of halogens is 1. The molecule has 1 saturated heterocycles. The van der Waals surface area contributed by atoms with Crippen LogP contribution < -0.4 is 0 Å². The lowest BCUT2D eigenvalue weighted by Gasteiger charge is -2.42. The van der Waals surface area contributed by atoms with E-state index >= 15 is 0 Å². The van der Waals surface area contributed by atoms with E-state index in [1.54, 1.807) is 6.92 Å². The van der Waals surface area contributed by atoms with Gasteiger partial charge in [0.05, 0.1) is 6.10 Å². The molecule has 0 aromatic carbocycles. The van der Waals surface area contributed by atoms with Crippen LogP contribution in [-0.2, 0) is 38.1 Å². The van der Waals surface area contributed by atoms with E-state index in [1.807, 2.05) is 0 Å². The Hall–Kier alpha value is -1.61. The van der Waals surface area contributed by atoms with Gasteiger partial charge in [0.1, 0.15) is 0 Å². The molecule has 0 spiro atoms. The molecule has 1 rings (SSSR count). The molecule has 0 aromatic heterocycles. The van der Waals surface area contributed by atoms with Crippen molar-refractivity contribution >= 4 is 33.8 Å². The first-order chi connectivity index (χ1) is 10.6. The molecular weight excluding hydrogens is 376 g/mol. The molecule has 1 aliphatic heterocycles. The summed E-state index contributed by atoms with van der Waals surface area (Å²) in [5.74, 6) is -2.06. The van der Waals surface area contributed by atoms with Gasteiger partial charge in [0, 0.05) is 20.8 Å². The number of hydrogen-bond acceptors (Lipinski definition) is 8. The standard InChI is InChI=1S/C14H19BrO8/c1-6-11(21-8(3)17)12(22-9(4)18)13(14(15)19-6)23-10(5)20-7(2)16/h6,11-14H,5H2,1-4H3/t6-,11-,12+,13+,14?/m1/s1. The van der Waals surface area contributed by atoms with Crippen LogP contribution in [0.1, 0.15) is 27.7 Å². The van der Waals surface area contributed by atoms with Crippen molar-refractivity contribution in [1.29, 1.82) is 0 Å². The minimum atomic E-state index is -0.975.